The molecule has 134 valence electrons. The van der Waals surface area contributed by atoms with E-state index in [4.69, 9.17) is 4.74 Å². The Morgan fingerprint density at radius 2 is 1.96 bits per heavy atom. The van der Waals surface area contributed by atoms with Crippen LogP contribution in [0.4, 0.5) is 15.0 Å². The van der Waals surface area contributed by atoms with E-state index < -0.39 is 5.60 Å². The van der Waals surface area contributed by atoms with Gasteiger partial charge in [0.2, 0.25) is 0 Å². The fourth-order valence-electron chi connectivity index (χ4n) is 2.91. The minimum Gasteiger partial charge on any atom is -0.444 e. The molecule has 0 unspecified atom stereocenters. The molecule has 0 N–H and O–H groups in total. The third kappa shape index (κ3) is 4.15. The molecule has 1 aliphatic heterocycles. The van der Waals surface area contributed by atoms with E-state index in [1.807, 2.05) is 20.8 Å². The zero-order chi connectivity index (χ0) is 18.0. The minimum absolute atomic E-state index is 0.298. The van der Waals surface area contributed by atoms with Crippen molar-refractivity contribution in [1.82, 2.24) is 14.9 Å². The third-order valence-corrected chi connectivity index (χ3v) is 4.02. The van der Waals surface area contributed by atoms with Crippen LogP contribution in [-0.4, -0.2) is 52.7 Å². The Morgan fingerprint density at radius 3 is 2.72 bits per heavy atom. The van der Waals surface area contributed by atoms with Gasteiger partial charge >= 0.3 is 6.09 Å². The lowest BCUT2D eigenvalue weighted by atomic mass is 10.2. The summed E-state index contributed by atoms with van der Waals surface area (Å²) in [6.07, 6.45) is 1.99. The molecule has 1 fully saturated rings. The van der Waals surface area contributed by atoms with Crippen molar-refractivity contribution in [2.45, 2.75) is 32.8 Å². The highest BCUT2D eigenvalue weighted by Gasteiger charge is 2.25. The van der Waals surface area contributed by atoms with Gasteiger partial charge in [0.05, 0.1) is 5.52 Å². The molecule has 0 bridgehead atoms. The summed E-state index contributed by atoms with van der Waals surface area (Å²) < 4.78 is 19.1. The molecule has 25 heavy (non-hydrogen) atoms. The van der Waals surface area contributed by atoms with Gasteiger partial charge in [0.15, 0.2) is 0 Å². The van der Waals surface area contributed by atoms with Crippen LogP contribution in [0.1, 0.15) is 27.2 Å². The van der Waals surface area contributed by atoms with Crippen LogP contribution in [0.25, 0.3) is 10.9 Å². The van der Waals surface area contributed by atoms with Crippen LogP contribution in [0.3, 0.4) is 0 Å². The molecule has 6 nitrogen and oxygen atoms in total. The number of benzene rings is 1. The average Bonchev–Trinajstić information content (AvgIpc) is 2.78. The second-order valence-corrected chi connectivity index (χ2v) is 7.17. The van der Waals surface area contributed by atoms with Crippen molar-refractivity contribution in [2.75, 3.05) is 31.1 Å². The normalized spacial score (nSPS) is 16.0. The highest BCUT2D eigenvalue weighted by molar-refractivity contribution is 5.89. The van der Waals surface area contributed by atoms with E-state index in [1.165, 1.54) is 18.5 Å². The summed E-state index contributed by atoms with van der Waals surface area (Å²) >= 11 is 0. The molecule has 0 atom stereocenters. The van der Waals surface area contributed by atoms with Gasteiger partial charge in [0, 0.05) is 31.6 Å². The number of amides is 1. The lowest BCUT2D eigenvalue weighted by Crippen LogP contribution is -2.39. The number of hydrogen-bond acceptors (Lipinski definition) is 5. The average molecular weight is 346 g/mol. The van der Waals surface area contributed by atoms with Crippen molar-refractivity contribution in [3.05, 3.63) is 30.3 Å². The number of rotatable bonds is 1. The monoisotopic (exact) mass is 346 g/mol. The van der Waals surface area contributed by atoms with Gasteiger partial charge < -0.3 is 14.5 Å². The minimum atomic E-state index is -0.510. The third-order valence-electron chi connectivity index (χ3n) is 4.02. The van der Waals surface area contributed by atoms with Crippen LogP contribution >= 0.6 is 0 Å². The lowest BCUT2D eigenvalue weighted by Gasteiger charge is -2.26. The molecule has 2 heterocycles. The Balaban J connectivity index is 1.78. The predicted octanol–water partition coefficient (Wildman–Crippen LogP) is 3.22. The molecular weight excluding hydrogens is 323 g/mol. The van der Waals surface area contributed by atoms with Gasteiger partial charge in [-0.1, -0.05) is 0 Å². The summed E-state index contributed by atoms with van der Waals surface area (Å²) in [4.78, 5) is 24.6. The maximum Gasteiger partial charge on any atom is 0.410 e. The van der Waals surface area contributed by atoms with Crippen LogP contribution in [0.15, 0.2) is 24.5 Å². The molecule has 7 heteroatoms. The Hall–Kier alpha value is -2.44. The molecule has 3 rings (SSSR count). The fraction of sp³-hybridized carbons (Fsp3) is 0.500. The first kappa shape index (κ1) is 17.4. The van der Waals surface area contributed by atoms with E-state index in [0.717, 1.165) is 13.0 Å². The molecule has 1 saturated heterocycles. The topological polar surface area (TPSA) is 58.6 Å². The van der Waals surface area contributed by atoms with E-state index >= 15 is 0 Å². The number of hydrogen-bond donors (Lipinski definition) is 0. The van der Waals surface area contributed by atoms with Crippen LogP contribution in [0, 0.1) is 5.82 Å². The molecule has 0 aliphatic carbocycles. The Bertz CT molecular complexity index is 775. The van der Waals surface area contributed by atoms with Crippen molar-refractivity contribution >= 4 is 22.8 Å². The van der Waals surface area contributed by atoms with Crippen molar-refractivity contribution in [1.29, 1.82) is 0 Å². The second-order valence-electron chi connectivity index (χ2n) is 7.17. The maximum atomic E-state index is 13.6. The predicted molar refractivity (Wildman–Crippen MR) is 94.1 cm³/mol. The standard InChI is InChI=1S/C18H23FN4O2/c1-18(2,3)25-17(24)23-8-4-7-22(9-10-23)16-14-11-13(19)5-6-15(14)20-12-21-16/h5-6,11-12H,4,7-10H2,1-3H3. The molecule has 1 amide bonds. The summed E-state index contributed by atoms with van der Waals surface area (Å²) in [5.41, 5.74) is 0.198. The molecule has 1 aromatic heterocycles. The quantitative estimate of drug-likeness (QED) is 0.793. The van der Waals surface area contributed by atoms with Crippen molar-refractivity contribution in [3.8, 4) is 0 Å². The van der Waals surface area contributed by atoms with Crippen molar-refractivity contribution in [3.63, 3.8) is 0 Å². The van der Waals surface area contributed by atoms with Gasteiger partial charge in [0.1, 0.15) is 23.6 Å². The highest BCUT2D eigenvalue weighted by Crippen LogP contribution is 2.25. The molecule has 1 aliphatic rings. The zero-order valence-electron chi connectivity index (χ0n) is 14.8. The summed E-state index contributed by atoms with van der Waals surface area (Å²) in [7, 11) is 0. The number of aromatic nitrogens is 2. The Labute approximate surface area is 146 Å². The van der Waals surface area contributed by atoms with Crippen LogP contribution in [0.5, 0.6) is 0 Å². The number of fused-ring (bicyclic) bond motifs is 1. The fourth-order valence-corrected chi connectivity index (χ4v) is 2.91. The smallest absolute Gasteiger partial charge is 0.410 e. The number of halogens is 1. The van der Waals surface area contributed by atoms with Crippen molar-refractivity contribution in [2.24, 2.45) is 0 Å². The highest BCUT2D eigenvalue weighted by atomic mass is 19.1. The van der Waals surface area contributed by atoms with E-state index in [2.05, 4.69) is 14.9 Å². The van der Waals surface area contributed by atoms with E-state index in [9.17, 15) is 9.18 Å². The van der Waals surface area contributed by atoms with Gasteiger partial charge in [-0.15, -0.1) is 0 Å². The number of ether oxygens (including phenoxy) is 1. The van der Waals surface area contributed by atoms with Crippen LogP contribution < -0.4 is 4.90 Å². The maximum absolute atomic E-state index is 13.6. The molecule has 0 spiro atoms. The van der Waals surface area contributed by atoms with Gasteiger partial charge in [0.25, 0.3) is 0 Å². The van der Waals surface area contributed by atoms with E-state index in [-0.39, 0.29) is 11.9 Å². The number of carbonyl (C=O) groups excluding carboxylic acids is 1. The number of anilines is 1. The lowest BCUT2D eigenvalue weighted by molar-refractivity contribution is 0.0263. The number of carbonyl (C=O) groups is 1. The van der Waals surface area contributed by atoms with Crippen molar-refractivity contribution < 1.29 is 13.9 Å². The molecule has 1 aromatic carbocycles. The zero-order valence-corrected chi connectivity index (χ0v) is 14.8. The van der Waals surface area contributed by atoms with Crippen LogP contribution in [-0.2, 0) is 4.74 Å². The van der Waals surface area contributed by atoms with Crippen LogP contribution in [0.2, 0.25) is 0 Å². The first-order chi connectivity index (χ1) is 11.8. The summed E-state index contributed by atoms with van der Waals surface area (Å²) in [6.45, 7) is 8.09. The van der Waals surface area contributed by atoms with E-state index in [1.54, 1.807) is 11.0 Å². The molecule has 0 saturated carbocycles. The first-order valence-electron chi connectivity index (χ1n) is 8.47. The first-order valence-corrected chi connectivity index (χ1v) is 8.47. The van der Waals surface area contributed by atoms with E-state index in [0.29, 0.717) is 36.4 Å². The Kier molecular flexibility index (Phi) is 4.74. The van der Waals surface area contributed by atoms with Gasteiger partial charge in [-0.05, 0) is 45.4 Å². The van der Waals surface area contributed by atoms with Gasteiger partial charge in [-0.2, -0.15) is 0 Å². The summed E-state index contributed by atoms with van der Waals surface area (Å²) in [5.74, 6) is 0.393. The SMILES string of the molecule is CC(C)(C)OC(=O)N1CCCN(c2ncnc3ccc(F)cc23)CC1. The largest absolute Gasteiger partial charge is 0.444 e. The molecular formula is C18H23FN4O2. The van der Waals surface area contributed by atoms with Gasteiger partial charge in [-0.3, -0.25) is 0 Å². The second kappa shape index (κ2) is 6.82. The summed E-state index contributed by atoms with van der Waals surface area (Å²) in [6, 6.07) is 4.51. The molecule has 2 aromatic rings. The Morgan fingerprint density at radius 1 is 1.16 bits per heavy atom. The van der Waals surface area contributed by atoms with Gasteiger partial charge in [-0.25, -0.2) is 19.2 Å². The summed E-state index contributed by atoms with van der Waals surface area (Å²) in [5, 5.41) is 0.688. The number of nitrogens with zero attached hydrogens (tertiary/aromatic N) is 4. The molecule has 0 radical (unpaired) electrons.